The zero-order valence-corrected chi connectivity index (χ0v) is 35.5. The summed E-state index contributed by atoms with van der Waals surface area (Å²) >= 11 is 0. The maximum absolute atomic E-state index is 15.1. The van der Waals surface area contributed by atoms with Gasteiger partial charge in [-0.2, -0.15) is 0 Å². The van der Waals surface area contributed by atoms with E-state index in [0.717, 1.165) is 17.7 Å². The number of nitrogens with zero attached hydrogens (tertiary/aromatic N) is 4. The molecule has 0 radical (unpaired) electrons. The second kappa shape index (κ2) is 20.5. The van der Waals surface area contributed by atoms with Gasteiger partial charge in [0.1, 0.15) is 23.1 Å². The second-order valence-electron chi connectivity index (χ2n) is 15.7. The first-order chi connectivity index (χ1) is 32.0. The van der Waals surface area contributed by atoms with Gasteiger partial charge in [0.15, 0.2) is 23.3 Å². The summed E-state index contributed by atoms with van der Waals surface area (Å²) in [5.74, 6) is -8.36. The van der Waals surface area contributed by atoms with Crippen LogP contribution in [0.3, 0.4) is 0 Å². The predicted octanol–water partition coefficient (Wildman–Crippen LogP) is 10.8. The monoisotopic (exact) mass is 896 g/mol. The van der Waals surface area contributed by atoms with E-state index < -0.39 is 52.9 Å². The van der Waals surface area contributed by atoms with Crippen molar-refractivity contribution in [2.75, 3.05) is 0 Å². The van der Waals surface area contributed by atoms with Gasteiger partial charge in [-0.15, -0.1) is 0 Å². The minimum absolute atomic E-state index is 0.0222. The molecular formula is C52H41F5N4O5. The molecule has 0 fully saturated rings. The van der Waals surface area contributed by atoms with Crippen LogP contribution in [0.15, 0.2) is 143 Å². The smallest absolute Gasteiger partial charge is 0.317 e. The molecule has 0 N–H and O–H groups in total. The van der Waals surface area contributed by atoms with Crippen molar-refractivity contribution in [1.29, 1.82) is 0 Å². The number of benzene rings is 4. The Bertz CT molecular complexity index is 2960. The molecule has 8 aromatic rings. The van der Waals surface area contributed by atoms with Gasteiger partial charge in [-0.05, 0) is 47.5 Å². The molecule has 66 heavy (non-hydrogen) atoms. The molecule has 0 amide bonds. The van der Waals surface area contributed by atoms with Gasteiger partial charge in [0, 0.05) is 62.1 Å². The molecule has 2 unspecified atom stereocenters. The number of carbonyl (C=O) groups excluding carboxylic acids is 2. The van der Waals surface area contributed by atoms with Crippen molar-refractivity contribution in [1.82, 2.24) is 19.9 Å². The molecule has 4 heterocycles. The van der Waals surface area contributed by atoms with E-state index in [0.29, 0.717) is 46.7 Å². The number of halogens is 5. The Morgan fingerprint density at radius 1 is 0.561 bits per heavy atom. The fourth-order valence-corrected chi connectivity index (χ4v) is 7.66. The van der Waals surface area contributed by atoms with Crippen molar-refractivity contribution in [3.63, 3.8) is 0 Å². The maximum atomic E-state index is 15.1. The lowest BCUT2D eigenvalue weighted by atomic mass is 9.94. The Morgan fingerprint density at radius 2 is 1.12 bits per heavy atom. The van der Waals surface area contributed by atoms with Gasteiger partial charge in [0.05, 0.1) is 64.7 Å². The molecule has 4 aromatic carbocycles. The summed E-state index contributed by atoms with van der Waals surface area (Å²) in [6.45, 7) is 1.91. The van der Waals surface area contributed by atoms with Crippen LogP contribution in [-0.2, 0) is 59.3 Å². The Morgan fingerprint density at radius 3 is 1.68 bits per heavy atom. The van der Waals surface area contributed by atoms with Gasteiger partial charge in [-0.1, -0.05) is 79.7 Å². The van der Waals surface area contributed by atoms with E-state index in [-0.39, 0.29) is 72.4 Å². The van der Waals surface area contributed by atoms with Crippen LogP contribution in [0.2, 0.25) is 0 Å². The first-order valence-corrected chi connectivity index (χ1v) is 21.2. The first kappa shape index (κ1) is 45.0. The Balaban J connectivity index is 1.13. The fourth-order valence-electron chi connectivity index (χ4n) is 7.66. The number of ether oxygens (including phenoxy) is 1. The fraction of sp³-hybridized carbons (Fsp3) is 0.192. The highest BCUT2D eigenvalue weighted by Crippen LogP contribution is 2.28. The number of carbonyl (C=O) groups is 2. The summed E-state index contributed by atoms with van der Waals surface area (Å²) in [5, 5.41) is 0. The van der Waals surface area contributed by atoms with Crippen molar-refractivity contribution in [3.05, 3.63) is 214 Å². The molecule has 4 aromatic heterocycles. The van der Waals surface area contributed by atoms with E-state index in [2.05, 4.69) is 4.98 Å². The highest BCUT2D eigenvalue weighted by atomic mass is 19.2. The number of aromatic nitrogens is 4. The Kier molecular flexibility index (Phi) is 14.0. The Hall–Kier alpha value is -7.61. The van der Waals surface area contributed by atoms with Gasteiger partial charge in [-0.3, -0.25) is 19.6 Å². The quantitative estimate of drug-likeness (QED) is 0.0381. The number of aryl methyl sites for hydroxylation is 1. The largest absolute Gasteiger partial charge is 0.469 e. The molecule has 0 bridgehead atoms. The minimum atomic E-state index is -1.38. The maximum Gasteiger partial charge on any atom is 0.317 e. The summed E-state index contributed by atoms with van der Waals surface area (Å²) in [5.41, 5.74) is 2.80. The van der Waals surface area contributed by atoms with Crippen LogP contribution in [-0.4, -0.2) is 31.9 Å². The van der Waals surface area contributed by atoms with Crippen molar-refractivity contribution < 1.29 is 45.1 Å². The summed E-state index contributed by atoms with van der Waals surface area (Å²) in [6, 6.07) is 30.0. The highest BCUT2D eigenvalue weighted by molar-refractivity contribution is 5.88. The molecule has 8 rings (SSSR count). The molecule has 0 aliphatic rings. The molecule has 0 saturated carbocycles. The van der Waals surface area contributed by atoms with Crippen LogP contribution < -0.4 is 0 Å². The molecule has 0 spiro atoms. The lowest BCUT2D eigenvalue weighted by Gasteiger charge is -2.20. The normalized spacial score (nSPS) is 12.2. The van der Waals surface area contributed by atoms with Gasteiger partial charge in [-0.25, -0.2) is 31.9 Å². The van der Waals surface area contributed by atoms with Crippen molar-refractivity contribution in [2.45, 2.75) is 51.9 Å². The number of rotatable bonds is 17. The van der Waals surface area contributed by atoms with Crippen LogP contribution in [0, 0.1) is 40.9 Å². The average Bonchev–Trinajstić information content (AvgIpc) is 4.03. The van der Waals surface area contributed by atoms with Gasteiger partial charge < -0.3 is 13.6 Å². The molecule has 0 aliphatic carbocycles. The SMILES string of the molecule is CCc1ccc(CC(Cc2ncc(-c3ccccc3)nc2Cc2cccc(F)c2F)C(=O)OC(=O)C(Cc2ccco2)Cc2ncc(-c3ccccc3)nc2Cc2cc(F)cc(F)c2F)o1. The molecule has 0 saturated heterocycles. The number of hydrogen-bond donors (Lipinski definition) is 0. The number of furan rings is 2. The Labute approximate surface area is 376 Å². The van der Waals surface area contributed by atoms with E-state index in [9.17, 15) is 22.8 Å². The van der Waals surface area contributed by atoms with E-state index in [4.69, 9.17) is 28.5 Å². The van der Waals surface area contributed by atoms with Crippen molar-refractivity contribution >= 4 is 11.9 Å². The van der Waals surface area contributed by atoms with Gasteiger partial charge in [0.25, 0.3) is 0 Å². The number of esters is 2. The summed E-state index contributed by atoms with van der Waals surface area (Å²) in [4.78, 5) is 47.7. The van der Waals surface area contributed by atoms with E-state index in [1.165, 1.54) is 30.8 Å². The summed E-state index contributed by atoms with van der Waals surface area (Å²) < 4.78 is 90.9. The second-order valence-corrected chi connectivity index (χ2v) is 15.7. The molecular weight excluding hydrogens is 856 g/mol. The van der Waals surface area contributed by atoms with Crippen LogP contribution in [0.4, 0.5) is 22.0 Å². The third-order valence-electron chi connectivity index (χ3n) is 11.1. The van der Waals surface area contributed by atoms with E-state index in [1.807, 2.05) is 43.3 Å². The van der Waals surface area contributed by atoms with Crippen LogP contribution in [0.25, 0.3) is 22.5 Å². The molecule has 9 nitrogen and oxygen atoms in total. The molecule has 0 aliphatic heterocycles. The van der Waals surface area contributed by atoms with Crippen molar-refractivity contribution in [3.8, 4) is 22.5 Å². The van der Waals surface area contributed by atoms with Crippen LogP contribution in [0.1, 0.15) is 58.1 Å². The van der Waals surface area contributed by atoms with Crippen LogP contribution in [0.5, 0.6) is 0 Å². The van der Waals surface area contributed by atoms with E-state index in [1.54, 1.807) is 48.5 Å². The topological polar surface area (TPSA) is 121 Å². The van der Waals surface area contributed by atoms with E-state index >= 15 is 8.78 Å². The lowest BCUT2D eigenvalue weighted by Crippen LogP contribution is -2.31. The highest BCUT2D eigenvalue weighted by Gasteiger charge is 2.32. The lowest BCUT2D eigenvalue weighted by molar-refractivity contribution is -0.165. The predicted molar refractivity (Wildman–Crippen MR) is 233 cm³/mol. The third-order valence-corrected chi connectivity index (χ3v) is 11.1. The minimum Gasteiger partial charge on any atom is -0.469 e. The summed E-state index contributed by atoms with van der Waals surface area (Å²) in [6.07, 6.45) is 4.00. The first-order valence-electron chi connectivity index (χ1n) is 21.2. The zero-order valence-electron chi connectivity index (χ0n) is 35.5. The van der Waals surface area contributed by atoms with Gasteiger partial charge in [0.2, 0.25) is 0 Å². The molecule has 334 valence electrons. The van der Waals surface area contributed by atoms with Gasteiger partial charge >= 0.3 is 11.9 Å². The molecule has 2 atom stereocenters. The third kappa shape index (κ3) is 10.8. The van der Waals surface area contributed by atoms with Crippen LogP contribution >= 0.6 is 0 Å². The standard InChI is InChI=1S/C52H41F5N4O5/c1-2-38-18-19-40(65-38)23-36(27-43-45(24-33-15-9-17-41(54)49(33)56)60-47(29-58-43)31-11-5-3-6-12-31)52(63)66-51(62)35(22-39-16-10-20-64-39)26-44-46(25-34-21-37(53)28-42(55)50(34)57)61-48(30-59-44)32-13-7-4-8-14-32/h3-21,28-30,35-36H,2,22-27H2,1H3. The zero-order chi connectivity index (χ0) is 46.2. The van der Waals surface area contributed by atoms with Crippen molar-refractivity contribution in [2.24, 2.45) is 11.8 Å². The average molecular weight is 897 g/mol. The summed E-state index contributed by atoms with van der Waals surface area (Å²) in [7, 11) is 0. The number of hydrogen-bond acceptors (Lipinski definition) is 9. The molecule has 14 heteroatoms.